The molecule has 1 aliphatic carbocycles. The molecule has 0 spiro atoms. The van der Waals surface area contributed by atoms with E-state index >= 15 is 4.39 Å². The average molecular weight is 474 g/mol. The van der Waals surface area contributed by atoms with E-state index in [1.54, 1.807) is 12.3 Å². The van der Waals surface area contributed by atoms with Crippen LogP contribution in [0.5, 0.6) is 5.75 Å². The molecule has 1 fully saturated rings. The number of aryl methyl sites for hydroxylation is 2. The molecule has 5 heteroatoms. The van der Waals surface area contributed by atoms with Gasteiger partial charge in [-0.2, -0.15) is 0 Å². The van der Waals surface area contributed by atoms with E-state index in [0.717, 1.165) is 65.8 Å². The number of methoxy groups -OCH3 is 1. The molecule has 1 saturated carbocycles. The largest absolute Gasteiger partial charge is 0.485 e. The molecule has 0 saturated heterocycles. The maximum atomic E-state index is 15.3. The van der Waals surface area contributed by atoms with E-state index in [-0.39, 0.29) is 29.7 Å². The van der Waals surface area contributed by atoms with Crippen LogP contribution in [0.2, 0.25) is 0 Å². The zero-order chi connectivity index (χ0) is 24.5. The number of aromatic nitrogens is 1. The van der Waals surface area contributed by atoms with Gasteiger partial charge in [0.2, 0.25) is 0 Å². The van der Waals surface area contributed by atoms with Crippen LogP contribution >= 0.6 is 0 Å². The van der Waals surface area contributed by atoms with E-state index < -0.39 is 0 Å². The summed E-state index contributed by atoms with van der Waals surface area (Å²) >= 11 is 0. The van der Waals surface area contributed by atoms with Gasteiger partial charge in [0.05, 0.1) is 13.0 Å². The number of carbonyl (C=O) groups is 1. The van der Waals surface area contributed by atoms with Crippen LogP contribution in [0.3, 0.4) is 0 Å². The number of rotatable bonds is 6. The second-order valence-electron chi connectivity index (χ2n) is 9.96. The minimum atomic E-state index is -0.350. The van der Waals surface area contributed by atoms with Gasteiger partial charge in [0, 0.05) is 17.5 Å². The monoisotopic (exact) mass is 473 g/mol. The lowest BCUT2D eigenvalue weighted by Crippen LogP contribution is -2.22. The van der Waals surface area contributed by atoms with E-state index in [1.165, 1.54) is 7.11 Å². The van der Waals surface area contributed by atoms with E-state index in [9.17, 15) is 4.79 Å². The standard InChI is InChI=1S/C30H32FNO3/c1-18-15-23(13-14-32-18)22-11-12-25(26(31)16-22)27-6-4-5-20-7-10-24(17-28(20)35-27)29(21-8-9-21)19(2)30(33)34-3/h7,10-17,19,21,27,29H,4-6,8-9H2,1-3H3/t19-,27?,29-/m0/s1. The Morgan fingerprint density at radius 1 is 1.09 bits per heavy atom. The number of esters is 1. The number of fused-ring (bicyclic) bond motifs is 1. The van der Waals surface area contributed by atoms with Gasteiger partial charge in [0.15, 0.2) is 0 Å². The quantitative estimate of drug-likeness (QED) is 0.363. The predicted molar refractivity (Wildman–Crippen MR) is 134 cm³/mol. The molecule has 2 aliphatic rings. The minimum Gasteiger partial charge on any atom is -0.485 e. The number of ether oxygens (including phenoxy) is 2. The van der Waals surface area contributed by atoms with Crippen LogP contribution in [0.15, 0.2) is 54.7 Å². The number of benzene rings is 2. The fourth-order valence-corrected chi connectivity index (χ4v) is 5.45. The van der Waals surface area contributed by atoms with Crippen LogP contribution in [0, 0.1) is 24.6 Å². The number of hydrogen-bond donors (Lipinski definition) is 0. The van der Waals surface area contributed by atoms with Gasteiger partial charge in [-0.3, -0.25) is 9.78 Å². The van der Waals surface area contributed by atoms with Crippen molar-refractivity contribution >= 4 is 5.97 Å². The average Bonchev–Trinajstić information content (AvgIpc) is 3.70. The highest BCUT2D eigenvalue weighted by Gasteiger charge is 2.39. The number of pyridine rings is 1. The van der Waals surface area contributed by atoms with Gasteiger partial charge in [0.1, 0.15) is 17.7 Å². The molecule has 5 rings (SSSR count). The highest BCUT2D eigenvalue weighted by Crippen LogP contribution is 2.48. The molecular formula is C30H32FNO3. The molecule has 182 valence electrons. The van der Waals surface area contributed by atoms with Gasteiger partial charge in [-0.15, -0.1) is 0 Å². The van der Waals surface area contributed by atoms with Crippen molar-refractivity contribution in [1.82, 2.24) is 4.98 Å². The molecule has 1 unspecified atom stereocenters. The Morgan fingerprint density at radius 3 is 2.60 bits per heavy atom. The summed E-state index contributed by atoms with van der Waals surface area (Å²) in [5.41, 5.74) is 5.51. The number of halogens is 1. The normalized spacial score (nSPS) is 19.1. The van der Waals surface area contributed by atoms with Gasteiger partial charge in [-0.1, -0.05) is 31.2 Å². The van der Waals surface area contributed by atoms with Crippen molar-refractivity contribution in [2.75, 3.05) is 7.11 Å². The van der Waals surface area contributed by atoms with Crippen LogP contribution in [-0.2, 0) is 16.0 Å². The molecular weight excluding hydrogens is 441 g/mol. The summed E-state index contributed by atoms with van der Waals surface area (Å²) in [5.74, 6) is 0.761. The van der Waals surface area contributed by atoms with Gasteiger partial charge in [-0.05, 0) is 97.4 Å². The van der Waals surface area contributed by atoms with Crippen LogP contribution in [-0.4, -0.2) is 18.1 Å². The van der Waals surface area contributed by atoms with Gasteiger partial charge in [-0.25, -0.2) is 4.39 Å². The van der Waals surface area contributed by atoms with Crippen molar-refractivity contribution in [3.05, 3.63) is 82.9 Å². The van der Waals surface area contributed by atoms with Crippen LogP contribution in [0.25, 0.3) is 11.1 Å². The predicted octanol–water partition coefficient (Wildman–Crippen LogP) is 6.96. The lowest BCUT2D eigenvalue weighted by Gasteiger charge is -2.24. The van der Waals surface area contributed by atoms with Crippen LogP contribution in [0.4, 0.5) is 4.39 Å². The Morgan fingerprint density at radius 2 is 1.89 bits per heavy atom. The lowest BCUT2D eigenvalue weighted by atomic mass is 9.82. The highest BCUT2D eigenvalue weighted by molar-refractivity contribution is 5.73. The molecule has 0 amide bonds. The molecule has 2 aromatic carbocycles. The van der Waals surface area contributed by atoms with Gasteiger partial charge in [0.25, 0.3) is 0 Å². The van der Waals surface area contributed by atoms with E-state index in [1.807, 2.05) is 38.1 Å². The summed E-state index contributed by atoms with van der Waals surface area (Å²) in [6.45, 7) is 3.88. The summed E-state index contributed by atoms with van der Waals surface area (Å²) in [7, 11) is 1.45. The summed E-state index contributed by atoms with van der Waals surface area (Å²) in [5, 5.41) is 0. The zero-order valence-electron chi connectivity index (χ0n) is 20.6. The molecule has 1 aliphatic heterocycles. The molecule has 0 N–H and O–H groups in total. The number of hydrogen-bond acceptors (Lipinski definition) is 4. The van der Waals surface area contributed by atoms with Crippen LogP contribution in [0.1, 0.15) is 67.0 Å². The Hall–Kier alpha value is -3.21. The first kappa shape index (κ1) is 23.5. The second kappa shape index (κ2) is 9.80. The summed E-state index contributed by atoms with van der Waals surface area (Å²) in [4.78, 5) is 16.6. The molecule has 4 nitrogen and oxygen atoms in total. The molecule has 3 aromatic rings. The Kier molecular flexibility index (Phi) is 6.59. The highest BCUT2D eigenvalue weighted by atomic mass is 19.1. The number of nitrogens with zero attached hydrogens (tertiary/aromatic N) is 1. The SMILES string of the molecule is COC(=O)[C@@H](C)[C@H](c1ccc2c(c1)OC(c1ccc(-c3ccnc(C)c3)cc1F)CCC2)C1CC1. The third-order valence-corrected chi connectivity index (χ3v) is 7.48. The van der Waals surface area contributed by atoms with Gasteiger partial charge < -0.3 is 9.47 Å². The molecule has 1 aromatic heterocycles. The maximum absolute atomic E-state index is 15.3. The van der Waals surface area contributed by atoms with Crippen LogP contribution < -0.4 is 4.74 Å². The summed E-state index contributed by atoms with van der Waals surface area (Å²) in [6, 6.07) is 15.6. The first-order chi connectivity index (χ1) is 16.9. The zero-order valence-corrected chi connectivity index (χ0v) is 20.6. The molecule has 0 bridgehead atoms. The summed E-state index contributed by atoms with van der Waals surface area (Å²) < 4.78 is 26.9. The third-order valence-electron chi connectivity index (χ3n) is 7.48. The third kappa shape index (κ3) is 4.95. The van der Waals surface area contributed by atoms with Crippen molar-refractivity contribution in [2.24, 2.45) is 11.8 Å². The number of carbonyl (C=O) groups excluding carboxylic acids is 1. The molecule has 3 atom stereocenters. The van der Waals surface area contributed by atoms with Gasteiger partial charge >= 0.3 is 5.97 Å². The van der Waals surface area contributed by atoms with E-state index in [0.29, 0.717) is 11.5 Å². The van der Waals surface area contributed by atoms with E-state index in [2.05, 4.69) is 23.2 Å². The second-order valence-corrected chi connectivity index (χ2v) is 9.96. The Balaban J connectivity index is 1.43. The Labute approximate surface area is 206 Å². The topological polar surface area (TPSA) is 48.4 Å². The first-order valence-corrected chi connectivity index (χ1v) is 12.5. The molecule has 0 radical (unpaired) electrons. The fraction of sp³-hybridized carbons (Fsp3) is 0.400. The van der Waals surface area contributed by atoms with Crippen molar-refractivity contribution in [2.45, 2.75) is 58.0 Å². The van der Waals surface area contributed by atoms with Crippen molar-refractivity contribution < 1.29 is 18.7 Å². The smallest absolute Gasteiger partial charge is 0.309 e. The Bertz CT molecular complexity index is 1240. The molecule has 35 heavy (non-hydrogen) atoms. The lowest BCUT2D eigenvalue weighted by molar-refractivity contribution is -0.145. The maximum Gasteiger partial charge on any atom is 0.309 e. The first-order valence-electron chi connectivity index (χ1n) is 12.5. The van der Waals surface area contributed by atoms with E-state index in [4.69, 9.17) is 9.47 Å². The minimum absolute atomic E-state index is 0.109. The van der Waals surface area contributed by atoms with Crippen molar-refractivity contribution in [1.29, 1.82) is 0 Å². The fourth-order valence-electron chi connectivity index (χ4n) is 5.45. The van der Waals surface area contributed by atoms with Crippen molar-refractivity contribution in [3.8, 4) is 16.9 Å². The van der Waals surface area contributed by atoms with Crippen molar-refractivity contribution in [3.63, 3.8) is 0 Å². The summed E-state index contributed by atoms with van der Waals surface area (Å²) in [6.07, 6.45) is 6.21. The molecule has 2 heterocycles.